The van der Waals surface area contributed by atoms with Crippen LogP contribution in [0.5, 0.6) is 0 Å². The fourth-order valence-electron chi connectivity index (χ4n) is 2.63. The van der Waals surface area contributed by atoms with Gasteiger partial charge < -0.3 is 10.5 Å². The van der Waals surface area contributed by atoms with E-state index in [2.05, 4.69) is 14.5 Å². The van der Waals surface area contributed by atoms with Gasteiger partial charge in [-0.15, -0.1) is 0 Å². The normalized spacial score (nSPS) is 16.9. The van der Waals surface area contributed by atoms with Crippen LogP contribution in [0.1, 0.15) is 24.8 Å². The third-order valence-corrected chi connectivity index (χ3v) is 4.15. The van der Waals surface area contributed by atoms with Gasteiger partial charge in [-0.2, -0.15) is 0 Å². The van der Waals surface area contributed by atoms with Crippen LogP contribution in [0, 0.1) is 12.3 Å². The molecular weight excluding hydrogens is 240 g/mol. The molecule has 1 aliphatic carbocycles. The van der Waals surface area contributed by atoms with Crippen LogP contribution in [0.3, 0.4) is 0 Å². The van der Waals surface area contributed by atoms with Crippen LogP contribution in [0.15, 0.2) is 12.3 Å². The molecule has 0 atom stereocenters. The van der Waals surface area contributed by atoms with E-state index in [-0.39, 0.29) is 0 Å². The SMILES string of the molecule is COCCC1(Cn2c(N)nc3c(C)ccnc32)CC1. The second-order valence-electron chi connectivity index (χ2n) is 5.60. The minimum Gasteiger partial charge on any atom is -0.385 e. The first kappa shape index (κ1) is 12.4. The first-order chi connectivity index (χ1) is 9.15. The van der Waals surface area contributed by atoms with E-state index in [1.165, 1.54) is 12.8 Å². The quantitative estimate of drug-likeness (QED) is 0.894. The van der Waals surface area contributed by atoms with Crippen LogP contribution in [-0.2, 0) is 11.3 Å². The van der Waals surface area contributed by atoms with E-state index >= 15 is 0 Å². The molecule has 2 aromatic heterocycles. The van der Waals surface area contributed by atoms with Gasteiger partial charge in [0.25, 0.3) is 0 Å². The molecule has 0 saturated heterocycles. The highest BCUT2D eigenvalue weighted by Crippen LogP contribution is 2.50. The number of imidazole rings is 1. The Hall–Kier alpha value is -1.62. The summed E-state index contributed by atoms with van der Waals surface area (Å²) < 4.78 is 7.26. The summed E-state index contributed by atoms with van der Waals surface area (Å²) in [6.07, 6.45) is 5.38. The Balaban J connectivity index is 1.93. The van der Waals surface area contributed by atoms with Crippen molar-refractivity contribution in [1.82, 2.24) is 14.5 Å². The number of anilines is 1. The van der Waals surface area contributed by atoms with Crippen LogP contribution < -0.4 is 5.73 Å². The molecule has 2 aromatic rings. The van der Waals surface area contributed by atoms with Gasteiger partial charge in [0.2, 0.25) is 5.95 Å². The molecule has 19 heavy (non-hydrogen) atoms. The van der Waals surface area contributed by atoms with Gasteiger partial charge in [-0.1, -0.05) is 0 Å². The maximum atomic E-state index is 6.07. The van der Waals surface area contributed by atoms with E-state index in [9.17, 15) is 0 Å². The molecule has 0 amide bonds. The van der Waals surface area contributed by atoms with Gasteiger partial charge in [-0.3, -0.25) is 4.57 Å². The van der Waals surface area contributed by atoms with Crippen molar-refractivity contribution in [3.05, 3.63) is 17.8 Å². The molecular formula is C14H20N4O. The van der Waals surface area contributed by atoms with Crippen LogP contribution in [0.2, 0.25) is 0 Å². The lowest BCUT2D eigenvalue weighted by Crippen LogP contribution is -2.16. The molecule has 1 saturated carbocycles. The fraction of sp³-hybridized carbons (Fsp3) is 0.571. The number of rotatable bonds is 5. The Morgan fingerprint density at radius 2 is 2.26 bits per heavy atom. The third-order valence-electron chi connectivity index (χ3n) is 4.15. The summed E-state index contributed by atoms with van der Waals surface area (Å²) in [5.74, 6) is 0.570. The van der Waals surface area contributed by atoms with Crippen molar-refractivity contribution in [2.75, 3.05) is 19.5 Å². The number of hydrogen-bond donors (Lipinski definition) is 1. The smallest absolute Gasteiger partial charge is 0.202 e. The largest absolute Gasteiger partial charge is 0.385 e. The van der Waals surface area contributed by atoms with Gasteiger partial charge in [0.15, 0.2) is 5.65 Å². The highest BCUT2D eigenvalue weighted by molar-refractivity contribution is 5.77. The summed E-state index contributed by atoms with van der Waals surface area (Å²) in [7, 11) is 1.75. The van der Waals surface area contributed by atoms with Crippen molar-refractivity contribution in [2.24, 2.45) is 5.41 Å². The van der Waals surface area contributed by atoms with Gasteiger partial charge in [-0.25, -0.2) is 9.97 Å². The molecule has 2 N–H and O–H groups in total. The number of nitrogens with zero attached hydrogens (tertiary/aromatic N) is 3. The van der Waals surface area contributed by atoms with E-state index in [0.29, 0.717) is 11.4 Å². The molecule has 1 fully saturated rings. The van der Waals surface area contributed by atoms with Gasteiger partial charge >= 0.3 is 0 Å². The minimum absolute atomic E-state index is 0.336. The molecule has 0 spiro atoms. The lowest BCUT2D eigenvalue weighted by atomic mass is 10.0. The molecule has 0 aliphatic heterocycles. The van der Waals surface area contributed by atoms with E-state index in [0.717, 1.165) is 36.3 Å². The number of fused-ring (bicyclic) bond motifs is 1. The van der Waals surface area contributed by atoms with Gasteiger partial charge in [0.1, 0.15) is 5.52 Å². The summed E-state index contributed by atoms with van der Waals surface area (Å²) in [5, 5.41) is 0. The molecule has 3 rings (SSSR count). The minimum atomic E-state index is 0.336. The lowest BCUT2D eigenvalue weighted by Gasteiger charge is -2.16. The Morgan fingerprint density at radius 3 is 2.95 bits per heavy atom. The van der Waals surface area contributed by atoms with E-state index < -0.39 is 0 Å². The number of ether oxygens (including phenoxy) is 1. The zero-order valence-electron chi connectivity index (χ0n) is 11.5. The summed E-state index contributed by atoms with van der Waals surface area (Å²) in [4.78, 5) is 8.90. The second-order valence-corrected chi connectivity index (χ2v) is 5.60. The average Bonchev–Trinajstić information content (AvgIpc) is 3.09. The summed E-state index contributed by atoms with van der Waals surface area (Å²) in [5.41, 5.74) is 9.35. The number of aryl methyl sites for hydroxylation is 1. The molecule has 5 nitrogen and oxygen atoms in total. The summed E-state index contributed by atoms with van der Waals surface area (Å²) in [6.45, 7) is 3.74. The molecule has 1 aliphatic rings. The Labute approximate surface area is 112 Å². The van der Waals surface area contributed by atoms with E-state index in [1.807, 2.05) is 19.2 Å². The Morgan fingerprint density at radius 1 is 1.47 bits per heavy atom. The standard InChI is InChI=1S/C14H20N4O/c1-10-3-7-16-12-11(10)17-13(15)18(12)9-14(4-5-14)6-8-19-2/h3,7H,4-6,8-9H2,1-2H3,(H2,15,17). The zero-order valence-corrected chi connectivity index (χ0v) is 11.5. The van der Waals surface area contributed by atoms with Crippen LogP contribution >= 0.6 is 0 Å². The maximum Gasteiger partial charge on any atom is 0.202 e. The average molecular weight is 260 g/mol. The summed E-state index contributed by atoms with van der Waals surface area (Å²) >= 11 is 0. The Kier molecular flexibility index (Phi) is 2.93. The molecule has 0 aromatic carbocycles. The van der Waals surface area contributed by atoms with E-state index in [1.54, 1.807) is 7.11 Å². The molecule has 102 valence electrons. The van der Waals surface area contributed by atoms with Gasteiger partial charge in [-0.05, 0) is 43.2 Å². The van der Waals surface area contributed by atoms with Crippen LogP contribution in [0.25, 0.3) is 11.2 Å². The first-order valence-electron chi connectivity index (χ1n) is 6.71. The maximum absolute atomic E-state index is 6.07. The zero-order chi connectivity index (χ0) is 13.5. The van der Waals surface area contributed by atoms with Crippen molar-refractivity contribution in [3.63, 3.8) is 0 Å². The molecule has 0 bridgehead atoms. The third kappa shape index (κ3) is 2.18. The first-order valence-corrected chi connectivity index (χ1v) is 6.71. The number of pyridine rings is 1. The second kappa shape index (κ2) is 4.49. The molecule has 2 heterocycles. The highest BCUT2D eigenvalue weighted by atomic mass is 16.5. The number of methoxy groups -OCH3 is 1. The van der Waals surface area contributed by atoms with Gasteiger partial charge in [0, 0.05) is 26.5 Å². The molecule has 5 heteroatoms. The summed E-state index contributed by atoms with van der Waals surface area (Å²) in [6, 6.07) is 1.97. The van der Waals surface area contributed by atoms with Crippen molar-refractivity contribution >= 4 is 17.1 Å². The van der Waals surface area contributed by atoms with Gasteiger partial charge in [0.05, 0.1) is 0 Å². The number of nitrogen functional groups attached to an aromatic ring is 1. The monoisotopic (exact) mass is 260 g/mol. The molecule has 0 unspecified atom stereocenters. The highest BCUT2D eigenvalue weighted by Gasteiger charge is 2.43. The van der Waals surface area contributed by atoms with Crippen molar-refractivity contribution in [2.45, 2.75) is 32.7 Å². The Bertz CT molecular complexity index is 601. The number of aromatic nitrogens is 3. The van der Waals surface area contributed by atoms with Crippen LogP contribution in [0.4, 0.5) is 5.95 Å². The topological polar surface area (TPSA) is 66.0 Å². The van der Waals surface area contributed by atoms with E-state index in [4.69, 9.17) is 10.5 Å². The van der Waals surface area contributed by atoms with Crippen molar-refractivity contribution in [1.29, 1.82) is 0 Å². The van der Waals surface area contributed by atoms with Crippen LogP contribution in [-0.4, -0.2) is 28.3 Å². The predicted octanol–water partition coefficient (Wildman–Crippen LogP) is 2.14. The van der Waals surface area contributed by atoms with Crippen molar-refractivity contribution < 1.29 is 4.74 Å². The van der Waals surface area contributed by atoms with Crippen molar-refractivity contribution in [3.8, 4) is 0 Å². The molecule has 0 radical (unpaired) electrons. The number of nitrogens with two attached hydrogens (primary N) is 1. The fourth-order valence-corrected chi connectivity index (χ4v) is 2.63. The predicted molar refractivity (Wildman–Crippen MR) is 74.8 cm³/mol. The number of hydrogen-bond acceptors (Lipinski definition) is 4. The lowest BCUT2D eigenvalue weighted by molar-refractivity contribution is 0.167.